The lowest BCUT2D eigenvalue weighted by molar-refractivity contribution is -0.0912. The van der Waals surface area contributed by atoms with E-state index in [0.29, 0.717) is 11.5 Å². The molecule has 1 aliphatic heterocycles. The van der Waals surface area contributed by atoms with E-state index in [1.165, 1.54) is 6.42 Å². The molecule has 4 rings (SSSR count). The van der Waals surface area contributed by atoms with Gasteiger partial charge in [-0.25, -0.2) is 0 Å². The molecule has 0 radical (unpaired) electrons. The number of para-hydroxylation sites is 1. The van der Waals surface area contributed by atoms with Crippen LogP contribution in [0.2, 0.25) is 0 Å². The Bertz CT molecular complexity index is 609. The van der Waals surface area contributed by atoms with Crippen LogP contribution in [0, 0.1) is 16.7 Å². The smallest absolute Gasteiger partial charge is 0.258 e. The second-order valence-corrected chi connectivity index (χ2v) is 7.37. The number of ether oxygens (including phenoxy) is 1. The molecule has 2 aliphatic carbocycles. The van der Waals surface area contributed by atoms with Crippen molar-refractivity contribution in [1.29, 1.82) is 0 Å². The van der Waals surface area contributed by atoms with E-state index in [9.17, 15) is 4.79 Å². The Morgan fingerprint density at radius 3 is 2.65 bits per heavy atom. The number of benzene rings is 1. The Morgan fingerprint density at radius 2 is 2.00 bits per heavy atom. The summed E-state index contributed by atoms with van der Waals surface area (Å²) in [5.74, 6) is 1.37. The van der Waals surface area contributed by atoms with Crippen LogP contribution < -0.4 is 10.1 Å². The molecule has 1 heterocycles. The molecule has 106 valence electrons. The van der Waals surface area contributed by atoms with E-state index in [1.807, 2.05) is 24.3 Å². The molecule has 1 N–H and O–H groups in total. The number of amides is 1. The summed E-state index contributed by atoms with van der Waals surface area (Å²) in [6.07, 6.45) is 3.29. The van der Waals surface area contributed by atoms with Gasteiger partial charge in [-0.15, -0.1) is 0 Å². The molecule has 1 amide bonds. The first-order valence-corrected chi connectivity index (χ1v) is 7.50. The molecule has 1 aromatic carbocycles. The van der Waals surface area contributed by atoms with Gasteiger partial charge in [0.05, 0.1) is 5.56 Å². The molecule has 0 unspecified atom stereocenters. The molecule has 2 saturated carbocycles. The molecule has 20 heavy (non-hydrogen) atoms. The van der Waals surface area contributed by atoms with Gasteiger partial charge in [-0.2, -0.15) is 0 Å². The number of hydrogen-bond donors (Lipinski definition) is 1. The van der Waals surface area contributed by atoms with Crippen molar-refractivity contribution in [2.45, 2.75) is 45.8 Å². The topological polar surface area (TPSA) is 38.3 Å². The van der Waals surface area contributed by atoms with Crippen molar-refractivity contribution in [3.63, 3.8) is 0 Å². The molecule has 0 aromatic heterocycles. The minimum atomic E-state index is -0.523. The summed E-state index contributed by atoms with van der Waals surface area (Å²) in [5.41, 5.74) is 0.327. The molecule has 2 bridgehead atoms. The summed E-state index contributed by atoms with van der Waals surface area (Å²) in [5, 5.41) is 3.21. The van der Waals surface area contributed by atoms with Gasteiger partial charge in [0.15, 0.2) is 5.72 Å². The van der Waals surface area contributed by atoms with Gasteiger partial charge in [-0.1, -0.05) is 32.9 Å². The molecule has 1 aromatic rings. The van der Waals surface area contributed by atoms with Gasteiger partial charge in [0, 0.05) is 11.8 Å². The normalized spacial score (nSPS) is 40.4. The largest absolute Gasteiger partial charge is 0.467 e. The fourth-order valence-electron chi connectivity index (χ4n) is 4.80. The molecule has 0 saturated heterocycles. The van der Waals surface area contributed by atoms with Gasteiger partial charge in [-0.05, 0) is 36.3 Å². The Balaban J connectivity index is 1.84. The second kappa shape index (κ2) is 3.38. The third-order valence-corrected chi connectivity index (χ3v) is 6.59. The van der Waals surface area contributed by atoms with Gasteiger partial charge < -0.3 is 10.1 Å². The Kier molecular flexibility index (Phi) is 2.07. The van der Waals surface area contributed by atoms with Gasteiger partial charge in [0.2, 0.25) is 0 Å². The average Bonchev–Trinajstić information content (AvgIpc) is 2.71. The Labute approximate surface area is 119 Å². The highest BCUT2D eigenvalue weighted by Gasteiger charge is 2.72. The Hall–Kier alpha value is -1.51. The molecule has 2 fully saturated rings. The lowest BCUT2D eigenvalue weighted by Gasteiger charge is -2.50. The van der Waals surface area contributed by atoms with E-state index in [1.54, 1.807) is 0 Å². The van der Waals surface area contributed by atoms with Crippen molar-refractivity contribution in [2.75, 3.05) is 0 Å². The lowest BCUT2D eigenvalue weighted by Crippen LogP contribution is -2.64. The third-order valence-electron chi connectivity index (χ3n) is 6.59. The van der Waals surface area contributed by atoms with Crippen molar-refractivity contribution in [2.24, 2.45) is 16.7 Å². The first-order valence-electron chi connectivity index (χ1n) is 7.50. The third kappa shape index (κ3) is 1.16. The maximum atomic E-state index is 12.5. The van der Waals surface area contributed by atoms with Crippen LogP contribution in [0.5, 0.6) is 5.75 Å². The summed E-state index contributed by atoms with van der Waals surface area (Å²) in [6.45, 7) is 6.94. The van der Waals surface area contributed by atoms with Crippen molar-refractivity contribution in [3.05, 3.63) is 29.8 Å². The van der Waals surface area contributed by atoms with Gasteiger partial charge in [-0.3, -0.25) is 4.79 Å². The molecule has 1 spiro atoms. The zero-order valence-corrected chi connectivity index (χ0v) is 12.3. The van der Waals surface area contributed by atoms with Crippen LogP contribution in [0.1, 0.15) is 50.4 Å². The van der Waals surface area contributed by atoms with Crippen molar-refractivity contribution in [1.82, 2.24) is 5.32 Å². The van der Waals surface area contributed by atoms with Gasteiger partial charge in [0.25, 0.3) is 5.91 Å². The van der Waals surface area contributed by atoms with E-state index < -0.39 is 5.72 Å². The summed E-state index contributed by atoms with van der Waals surface area (Å²) < 4.78 is 6.39. The quantitative estimate of drug-likeness (QED) is 0.786. The molecule has 3 aliphatic rings. The van der Waals surface area contributed by atoms with Crippen LogP contribution in [0.4, 0.5) is 0 Å². The maximum absolute atomic E-state index is 12.5. The van der Waals surface area contributed by atoms with Crippen molar-refractivity contribution < 1.29 is 9.53 Å². The van der Waals surface area contributed by atoms with Gasteiger partial charge in [0.1, 0.15) is 5.75 Å². The highest BCUT2D eigenvalue weighted by atomic mass is 16.5. The fourth-order valence-corrected chi connectivity index (χ4v) is 4.80. The number of fused-ring (bicyclic) bond motifs is 4. The first kappa shape index (κ1) is 12.2. The Morgan fingerprint density at radius 1 is 1.25 bits per heavy atom. The SMILES string of the molecule is CC1(C)[C@H]2CC[C@@]1(C)[C@@]1(C2)NC(=O)c2ccccc2O1. The average molecular weight is 271 g/mol. The number of carbonyl (C=O) groups is 1. The number of carbonyl (C=O) groups excluding carboxylic acids is 1. The van der Waals surface area contributed by atoms with E-state index in [2.05, 4.69) is 26.1 Å². The minimum Gasteiger partial charge on any atom is -0.467 e. The first-order chi connectivity index (χ1) is 9.40. The highest BCUT2D eigenvalue weighted by Crippen LogP contribution is 2.70. The zero-order valence-electron chi connectivity index (χ0n) is 12.3. The van der Waals surface area contributed by atoms with Crippen molar-refractivity contribution >= 4 is 5.91 Å². The molecular weight excluding hydrogens is 250 g/mol. The zero-order chi connectivity index (χ0) is 14.2. The number of hydrogen-bond acceptors (Lipinski definition) is 2. The minimum absolute atomic E-state index is 0.00609. The molecule has 3 atom stereocenters. The summed E-state index contributed by atoms with van der Waals surface area (Å²) in [4.78, 5) is 12.5. The van der Waals surface area contributed by atoms with Crippen LogP contribution in [-0.4, -0.2) is 11.6 Å². The van der Waals surface area contributed by atoms with Crippen LogP contribution in [0.3, 0.4) is 0 Å². The predicted octanol–water partition coefficient (Wildman–Crippen LogP) is 3.35. The van der Waals surface area contributed by atoms with E-state index in [4.69, 9.17) is 4.74 Å². The maximum Gasteiger partial charge on any atom is 0.258 e. The molecule has 3 heteroatoms. The number of rotatable bonds is 0. The standard InChI is InChI=1S/C17H21NO2/c1-15(2)11-8-9-16(15,3)17(10-11)18-14(19)12-6-4-5-7-13(12)20-17/h4-7,11H,8-10H2,1-3H3,(H,18,19)/t11-,16+,17-/m0/s1. The monoisotopic (exact) mass is 271 g/mol. The second-order valence-electron chi connectivity index (χ2n) is 7.37. The predicted molar refractivity (Wildman–Crippen MR) is 76.5 cm³/mol. The molecular formula is C17H21NO2. The van der Waals surface area contributed by atoms with Crippen LogP contribution in [0.25, 0.3) is 0 Å². The summed E-state index contributed by atoms with van der Waals surface area (Å²) >= 11 is 0. The van der Waals surface area contributed by atoms with E-state index in [-0.39, 0.29) is 16.7 Å². The van der Waals surface area contributed by atoms with Crippen molar-refractivity contribution in [3.8, 4) is 5.75 Å². The highest BCUT2D eigenvalue weighted by molar-refractivity contribution is 5.98. The van der Waals surface area contributed by atoms with E-state index in [0.717, 1.165) is 18.6 Å². The van der Waals surface area contributed by atoms with Crippen LogP contribution in [-0.2, 0) is 0 Å². The summed E-state index contributed by atoms with van der Waals surface area (Å²) in [6, 6.07) is 7.56. The number of nitrogens with one attached hydrogen (secondary N) is 1. The van der Waals surface area contributed by atoms with Gasteiger partial charge >= 0.3 is 0 Å². The van der Waals surface area contributed by atoms with Crippen LogP contribution in [0.15, 0.2) is 24.3 Å². The molecule has 3 nitrogen and oxygen atoms in total. The fraction of sp³-hybridized carbons (Fsp3) is 0.588. The summed E-state index contributed by atoms with van der Waals surface area (Å²) in [7, 11) is 0. The van der Waals surface area contributed by atoms with Crippen LogP contribution >= 0.6 is 0 Å². The lowest BCUT2D eigenvalue weighted by atomic mass is 9.67. The van der Waals surface area contributed by atoms with E-state index >= 15 is 0 Å².